The van der Waals surface area contributed by atoms with Gasteiger partial charge in [0.25, 0.3) is 23.6 Å². The number of nitrogens with zero attached hydrogens (tertiary/aromatic N) is 6. The molecule has 4 heterocycles. The first-order valence-corrected chi connectivity index (χ1v) is 21.2. The highest BCUT2D eigenvalue weighted by Crippen LogP contribution is 2.38. The fourth-order valence-corrected chi connectivity index (χ4v) is 8.57. The van der Waals surface area contributed by atoms with Crippen LogP contribution in [0.5, 0.6) is 0 Å². The van der Waals surface area contributed by atoms with Crippen LogP contribution in [0, 0.1) is 0 Å². The van der Waals surface area contributed by atoms with Crippen LogP contribution in [-0.4, -0.2) is 106 Å². The molecule has 0 N–H and O–H groups in total. The molecule has 0 saturated heterocycles. The van der Waals surface area contributed by atoms with E-state index in [9.17, 15) is 19.2 Å². The first-order valence-electron chi connectivity index (χ1n) is 19.6. The number of rotatable bonds is 16. The van der Waals surface area contributed by atoms with Crippen molar-refractivity contribution in [3.63, 3.8) is 0 Å². The minimum Gasteiger partial charge on any atom is -0.338 e. The van der Waals surface area contributed by atoms with Crippen molar-refractivity contribution < 1.29 is 19.2 Å². The second kappa shape index (κ2) is 19.1. The molecule has 4 aromatic heterocycles. The molecule has 4 amide bonds. The van der Waals surface area contributed by atoms with Crippen LogP contribution in [0.2, 0.25) is 0 Å². The fourth-order valence-electron chi connectivity index (χ4n) is 6.57. The van der Waals surface area contributed by atoms with E-state index >= 15 is 0 Å². The van der Waals surface area contributed by atoms with Crippen molar-refractivity contribution >= 4 is 46.3 Å². The maximum Gasteiger partial charge on any atom is 0.272 e. The highest BCUT2D eigenvalue weighted by atomic mass is 32.1. The Labute approximate surface area is 338 Å². The summed E-state index contributed by atoms with van der Waals surface area (Å²) in [7, 11) is 0. The Bertz CT molecular complexity index is 1920. The standard InChI is InChI=1S/C44H52N6O4S2/c1-9-47(10-2)41(51)33-25-31(26-34(45-33)42(52)48(11-3)12-4)39-23-21-37(55-39)29-17-19-30(20-18-29)38-22-24-40(56-38)32-27-35(43(53)49(13-5)14-6)46-36(28-32)44(54)50(15-7)16-8/h17-28H,9-16H2,1-8H3. The van der Waals surface area contributed by atoms with E-state index in [1.807, 2.05) is 67.5 Å². The van der Waals surface area contributed by atoms with Crippen LogP contribution in [-0.2, 0) is 0 Å². The second-order valence-corrected chi connectivity index (χ2v) is 15.2. The SMILES string of the molecule is CCN(CC)C(=O)c1cc(-c2ccc(-c3ccc(-c4ccc(-c5cc(C(=O)N(CC)CC)nc(C(=O)N(CC)CC)c5)s4)cc3)s2)cc(C(=O)N(CC)CC)n1. The largest absolute Gasteiger partial charge is 0.338 e. The molecule has 1 aromatic carbocycles. The maximum absolute atomic E-state index is 13.4. The second-order valence-electron chi connectivity index (χ2n) is 13.1. The summed E-state index contributed by atoms with van der Waals surface area (Å²) in [6.07, 6.45) is 0. The van der Waals surface area contributed by atoms with Gasteiger partial charge in [0.15, 0.2) is 0 Å². The molecule has 0 radical (unpaired) electrons. The number of pyridine rings is 2. The van der Waals surface area contributed by atoms with Gasteiger partial charge in [-0.25, -0.2) is 9.97 Å². The topological polar surface area (TPSA) is 107 Å². The molecule has 0 fully saturated rings. The van der Waals surface area contributed by atoms with Crippen molar-refractivity contribution in [3.05, 3.63) is 95.6 Å². The number of benzene rings is 1. The molecule has 56 heavy (non-hydrogen) atoms. The third-order valence-corrected chi connectivity index (χ3v) is 12.3. The van der Waals surface area contributed by atoms with Crippen LogP contribution < -0.4 is 0 Å². The van der Waals surface area contributed by atoms with E-state index in [1.54, 1.807) is 66.5 Å². The highest BCUT2D eigenvalue weighted by Gasteiger charge is 2.24. The molecule has 0 atom stereocenters. The van der Waals surface area contributed by atoms with E-state index in [1.165, 1.54) is 0 Å². The van der Waals surface area contributed by atoms with Gasteiger partial charge in [0.2, 0.25) is 0 Å². The quantitative estimate of drug-likeness (QED) is 0.0987. The summed E-state index contributed by atoms with van der Waals surface area (Å²) in [6.45, 7) is 19.9. The molecule has 0 spiro atoms. The van der Waals surface area contributed by atoms with Crippen LogP contribution in [0.25, 0.3) is 41.8 Å². The Morgan fingerprint density at radius 3 is 0.804 bits per heavy atom. The van der Waals surface area contributed by atoms with Gasteiger partial charge in [0, 0.05) is 71.9 Å². The lowest BCUT2D eigenvalue weighted by molar-refractivity contribution is 0.0745. The van der Waals surface area contributed by atoms with Crippen molar-refractivity contribution in [2.24, 2.45) is 0 Å². The van der Waals surface area contributed by atoms with Crippen LogP contribution in [0.4, 0.5) is 0 Å². The number of carbonyl (C=O) groups is 4. The lowest BCUT2D eigenvalue weighted by Crippen LogP contribution is -2.33. The van der Waals surface area contributed by atoms with Gasteiger partial charge in [0.1, 0.15) is 22.8 Å². The first-order chi connectivity index (χ1) is 27.0. The Balaban J connectivity index is 1.44. The van der Waals surface area contributed by atoms with Gasteiger partial charge in [-0.05, 0) is 126 Å². The number of amides is 4. The minimum absolute atomic E-state index is 0.194. The Morgan fingerprint density at radius 2 is 0.589 bits per heavy atom. The molecular formula is C44H52N6O4S2. The van der Waals surface area contributed by atoms with E-state index in [0.717, 1.165) is 41.8 Å². The van der Waals surface area contributed by atoms with Crippen molar-refractivity contribution in [3.8, 4) is 41.8 Å². The maximum atomic E-state index is 13.4. The van der Waals surface area contributed by atoms with Gasteiger partial charge in [-0.3, -0.25) is 19.2 Å². The van der Waals surface area contributed by atoms with Gasteiger partial charge in [-0.2, -0.15) is 0 Å². The monoisotopic (exact) mass is 792 g/mol. The highest BCUT2D eigenvalue weighted by molar-refractivity contribution is 7.19. The molecule has 12 heteroatoms. The molecular weight excluding hydrogens is 741 g/mol. The van der Waals surface area contributed by atoms with Crippen molar-refractivity contribution in [2.75, 3.05) is 52.4 Å². The van der Waals surface area contributed by atoms with Crippen LogP contribution >= 0.6 is 22.7 Å². The zero-order valence-corrected chi connectivity index (χ0v) is 35.4. The number of hydrogen-bond acceptors (Lipinski definition) is 8. The fraction of sp³-hybridized carbons (Fsp3) is 0.364. The number of hydrogen-bond donors (Lipinski definition) is 0. The van der Waals surface area contributed by atoms with Gasteiger partial charge < -0.3 is 19.6 Å². The summed E-state index contributed by atoms with van der Waals surface area (Å²) in [4.78, 5) is 73.6. The average Bonchev–Trinajstić information content (AvgIpc) is 3.94. The summed E-state index contributed by atoms with van der Waals surface area (Å²) in [6, 6.07) is 23.7. The van der Waals surface area contributed by atoms with Crippen LogP contribution in [0.1, 0.15) is 97.3 Å². The molecule has 0 aliphatic heterocycles. The van der Waals surface area contributed by atoms with Gasteiger partial charge in [-0.1, -0.05) is 24.3 Å². The lowest BCUT2D eigenvalue weighted by atomic mass is 10.1. The molecule has 294 valence electrons. The molecule has 0 aliphatic rings. The van der Waals surface area contributed by atoms with Crippen molar-refractivity contribution in [2.45, 2.75) is 55.4 Å². The number of aromatic nitrogens is 2. The minimum atomic E-state index is -0.194. The molecule has 5 aromatic rings. The normalized spacial score (nSPS) is 11.0. The molecule has 10 nitrogen and oxygen atoms in total. The number of carbonyl (C=O) groups excluding carboxylic acids is 4. The van der Waals surface area contributed by atoms with Crippen molar-refractivity contribution in [1.82, 2.24) is 29.6 Å². The average molecular weight is 793 g/mol. The van der Waals surface area contributed by atoms with Crippen molar-refractivity contribution in [1.29, 1.82) is 0 Å². The van der Waals surface area contributed by atoms with E-state index in [0.29, 0.717) is 52.4 Å². The molecule has 5 rings (SSSR count). The Hall–Kier alpha value is -5.20. The van der Waals surface area contributed by atoms with E-state index < -0.39 is 0 Å². The third-order valence-electron chi connectivity index (χ3n) is 9.96. The lowest BCUT2D eigenvalue weighted by Gasteiger charge is -2.21. The van der Waals surface area contributed by atoms with Crippen LogP contribution in [0.15, 0.2) is 72.8 Å². The van der Waals surface area contributed by atoms with E-state index in [2.05, 4.69) is 46.4 Å². The Morgan fingerprint density at radius 1 is 0.375 bits per heavy atom. The zero-order chi connectivity index (χ0) is 40.5. The van der Waals surface area contributed by atoms with Gasteiger partial charge >= 0.3 is 0 Å². The van der Waals surface area contributed by atoms with Gasteiger partial charge in [-0.15, -0.1) is 22.7 Å². The predicted molar refractivity (Wildman–Crippen MR) is 229 cm³/mol. The predicted octanol–water partition coefficient (Wildman–Crippen LogP) is 9.20. The third kappa shape index (κ3) is 9.08. The summed E-state index contributed by atoms with van der Waals surface area (Å²) in [5, 5.41) is 0. The smallest absolute Gasteiger partial charge is 0.272 e. The Kier molecular flexibility index (Phi) is 14.3. The summed E-state index contributed by atoms with van der Waals surface area (Å²) in [5.74, 6) is -0.776. The molecule has 0 bridgehead atoms. The zero-order valence-electron chi connectivity index (χ0n) is 33.7. The number of thiophene rings is 2. The first kappa shape index (κ1) is 42.0. The molecule has 0 unspecified atom stereocenters. The van der Waals surface area contributed by atoms with E-state index in [-0.39, 0.29) is 46.4 Å². The summed E-state index contributed by atoms with van der Waals surface area (Å²) < 4.78 is 0. The molecule has 0 aliphatic carbocycles. The van der Waals surface area contributed by atoms with E-state index in [4.69, 9.17) is 0 Å². The summed E-state index contributed by atoms with van der Waals surface area (Å²) in [5.41, 5.74) is 4.71. The van der Waals surface area contributed by atoms with Crippen LogP contribution in [0.3, 0.4) is 0 Å². The summed E-state index contributed by atoms with van der Waals surface area (Å²) >= 11 is 3.19. The molecule has 0 saturated carbocycles. The van der Waals surface area contributed by atoms with Gasteiger partial charge in [0.05, 0.1) is 0 Å².